The topological polar surface area (TPSA) is 284 Å². The molecule has 6 N–H and O–H groups in total. The highest BCUT2D eigenvalue weighted by Crippen LogP contribution is 2.32. The van der Waals surface area contributed by atoms with Crippen LogP contribution in [0.1, 0.15) is 104 Å². The highest BCUT2D eigenvalue weighted by Gasteiger charge is 2.35. The number of rotatable bonds is 16. The zero-order chi connectivity index (χ0) is 46.8. The number of aromatic carboxylic acids is 2. The standard InChI is InChI=1S/2C19H25ClN6O5S/c2*1-5-10-15(20)24-16(21-10)17(27)22-11-6-7-26(8-12(11)30-3)19-23-13(18(28)29)14(32-19)9(2)25-31-4/h2*11-12H,5-8H2,1-4H3,(H,21,24)(H,22,27)(H,28,29)/b25-9+;25-9-/t2*11-,12+/m11/s1. The Kier molecular flexibility index (Phi) is 17.4. The maximum absolute atomic E-state index is 12.6. The maximum atomic E-state index is 12.6. The van der Waals surface area contributed by atoms with Gasteiger partial charge in [0, 0.05) is 40.4 Å². The number of nitrogens with one attached hydrogen (secondary N) is 4. The van der Waals surface area contributed by atoms with E-state index in [4.69, 9.17) is 42.4 Å². The van der Waals surface area contributed by atoms with Gasteiger partial charge in [0.1, 0.15) is 14.2 Å². The quantitative estimate of drug-likeness (QED) is 0.0672. The molecular formula is C38H50Cl2N12O10S2. The van der Waals surface area contributed by atoms with E-state index >= 15 is 0 Å². The van der Waals surface area contributed by atoms with Gasteiger partial charge in [-0.2, -0.15) is 0 Å². The molecular weight excluding hydrogens is 920 g/mol. The van der Waals surface area contributed by atoms with Crippen LogP contribution in [0.15, 0.2) is 10.3 Å². The third-order valence-electron chi connectivity index (χ3n) is 10.2. The van der Waals surface area contributed by atoms with Crippen LogP contribution in [-0.2, 0) is 32.0 Å². The van der Waals surface area contributed by atoms with Crippen molar-refractivity contribution in [3.63, 3.8) is 0 Å². The van der Waals surface area contributed by atoms with E-state index in [-0.39, 0.29) is 69.4 Å². The Balaban J connectivity index is 0.000000241. The molecule has 6 heterocycles. The number of nitrogens with zero attached hydrogens (tertiary/aromatic N) is 8. The number of imidazole rings is 2. The number of oxime groups is 2. The Labute approximate surface area is 385 Å². The van der Waals surface area contributed by atoms with Crippen molar-refractivity contribution in [1.29, 1.82) is 0 Å². The minimum atomic E-state index is -1.14. The molecule has 4 atom stereocenters. The van der Waals surface area contributed by atoms with Crippen molar-refractivity contribution in [3.05, 3.63) is 54.5 Å². The summed E-state index contributed by atoms with van der Waals surface area (Å²) in [5, 5.41) is 34.3. The number of carbonyl (C=O) groups is 4. The Morgan fingerprint density at radius 2 is 1.08 bits per heavy atom. The molecule has 0 unspecified atom stereocenters. The van der Waals surface area contributed by atoms with Crippen LogP contribution in [0.2, 0.25) is 10.3 Å². The van der Waals surface area contributed by atoms with Crippen molar-refractivity contribution < 1.29 is 48.5 Å². The number of piperidine rings is 2. The van der Waals surface area contributed by atoms with Crippen molar-refractivity contribution in [2.75, 3.05) is 64.4 Å². The van der Waals surface area contributed by atoms with Crippen LogP contribution < -0.4 is 20.4 Å². The number of anilines is 2. The van der Waals surface area contributed by atoms with E-state index in [1.165, 1.54) is 36.9 Å². The van der Waals surface area contributed by atoms with Gasteiger partial charge < -0.3 is 59.8 Å². The number of carboxylic acids is 2. The van der Waals surface area contributed by atoms with Crippen molar-refractivity contribution in [2.24, 2.45) is 10.3 Å². The zero-order valence-corrected chi connectivity index (χ0v) is 39.4. The lowest BCUT2D eigenvalue weighted by Crippen LogP contribution is -2.55. The molecule has 0 aliphatic carbocycles. The van der Waals surface area contributed by atoms with Crippen LogP contribution >= 0.6 is 45.9 Å². The van der Waals surface area contributed by atoms with Crippen LogP contribution in [0.4, 0.5) is 10.3 Å². The van der Waals surface area contributed by atoms with Crippen LogP contribution in [0.25, 0.3) is 0 Å². The van der Waals surface area contributed by atoms with E-state index < -0.39 is 11.9 Å². The lowest BCUT2D eigenvalue weighted by atomic mass is 10.0. The van der Waals surface area contributed by atoms with E-state index in [9.17, 15) is 29.4 Å². The van der Waals surface area contributed by atoms with Crippen LogP contribution in [0, 0.1) is 0 Å². The molecule has 26 heteroatoms. The first-order valence-corrected chi connectivity index (χ1v) is 22.3. The van der Waals surface area contributed by atoms with E-state index in [1.54, 1.807) is 28.1 Å². The number of carboxylic acid groups (broad SMARTS) is 2. The summed E-state index contributed by atoms with van der Waals surface area (Å²) in [6, 6.07) is -0.513. The molecule has 0 radical (unpaired) electrons. The number of H-pyrrole nitrogens is 2. The molecule has 0 spiro atoms. The number of ether oxygens (including phenoxy) is 2. The lowest BCUT2D eigenvalue weighted by molar-refractivity contribution is 0.0537. The number of carbonyl (C=O) groups excluding carboxylic acids is 2. The second-order valence-corrected chi connectivity index (χ2v) is 16.9. The second-order valence-electron chi connectivity index (χ2n) is 14.3. The Morgan fingerprint density at radius 1 is 0.703 bits per heavy atom. The predicted molar refractivity (Wildman–Crippen MR) is 240 cm³/mol. The average Bonchev–Trinajstić information content (AvgIpc) is 4.09. The minimum Gasteiger partial charge on any atom is -0.476 e. The number of aryl methyl sites for hydroxylation is 2. The lowest BCUT2D eigenvalue weighted by Gasteiger charge is -2.37. The van der Waals surface area contributed by atoms with Gasteiger partial charge in [-0.25, -0.2) is 29.5 Å². The van der Waals surface area contributed by atoms with Crippen LogP contribution in [0.3, 0.4) is 0 Å². The number of methoxy groups -OCH3 is 2. The molecule has 348 valence electrons. The first kappa shape index (κ1) is 49.6. The van der Waals surface area contributed by atoms with Gasteiger partial charge >= 0.3 is 11.9 Å². The van der Waals surface area contributed by atoms with E-state index in [0.29, 0.717) is 94.7 Å². The molecule has 4 aromatic rings. The molecule has 2 fully saturated rings. The van der Waals surface area contributed by atoms with Gasteiger partial charge in [-0.15, -0.1) is 0 Å². The van der Waals surface area contributed by atoms with Crippen molar-refractivity contribution in [1.82, 2.24) is 40.5 Å². The fourth-order valence-electron chi connectivity index (χ4n) is 6.95. The molecule has 0 saturated carbocycles. The van der Waals surface area contributed by atoms with Crippen molar-refractivity contribution in [3.8, 4) is 0 Å². The van der Waals surface area contributed by atoms with Gasteiger partial charge in [-0.05, 0) is 39.5 Å². The smallest absolute Gasteiger partial charge is 0.356 e. The predicted octanol–water partition coefficient (Wildman–Crippen LogP) is 4.35. The molecule has 6 rings (SSSR count). The first-order chi connectivity index (χ1) is 30.6. The number of amides is 2. The molecule has 0 aromatic carbocycles. The van der Waals surface area contributed by atoms with E-state index in [1.807, 2.05) is 23.6 Å². The molecule has 2 aliphatic rings. The number of aromatic amines is 2. The fourth-order valence-corrected chi connectivity index (χ4v) is 9.54. The van der Waals surface area contributed by atoms with Crippen molar-refractivity contribution in [2.45, 2.75) is 77.7 Å². The van der Waals surface area contributed by atoms with Gasteiger partial charge in [-0.1, -0.05) is 70.0 Å². The summed E-state index contributed by atoms with van der Waals surface area (Å²) >= 11 is 14.5. The third-order valence-corrected chi connectivity index (χ3v) is 13.3. The van der Waals surface area contributed by atoms with Gasteiger partial charge in [0.15, 0.2) is 43.6 Å². The normalized spacial score (nSPS) is 19.2. The van der Waals surface area contributed by atoms with Gasteiger partial charge in [0.2, 0.25) is 0 Å². The molecule has 0 bridgehead atoms. The average molecular weight is 970 g/mol. The second kappa shape index (κ2) is 22.5. The SMILES string of the molecule is CCc1[nH]c(C(=O)N[C@@H]2CCN(c3nc(C(=O)O)c(/C(C)=N/OC)s3)C[C@@H]2OC)nc1Cl.CCc1[nH]c(C(=O)N[C@@H]2CCN(c3nc(C(=O)O)c(/C(C)=N\OC)s3)C[C@@H]2OC)nc1Cl. The molecule has 2 aliphatic heterocycles. The molecule has 2 amide bonds. The Bertz CT molecular complexity index is 2200. The summed E-state index contributed by atoms with van der Waals surface area (Å²) in [5.41, 5.74) is 2.13. The van der Waals surface area contributed by atoms with Gasteiger partial charge in [0.25, 0.3) is 11.8 Å². The zero-order valence-electron chi connectivity index (χ0n) is 36.3. The maximum Gasteiger partial charge on any atom is 0.356 e. The van der Waals surface area contributed by atoms with Gasteiger partial charge in [-0.3, -0.25) is 9.59 Å². The minimum absolute atomic E-state index is 0.0749. The summed E-state index contributed by atoms with van der Waals surface area (Å²) in [7, 11) is 5.93. The number of aromatic nitrogens is 6. The molecule has 22 nitrogen and oxygen atoms in total. The molecule has 64 heavy (non-hydrogen) atoms. The number of halogens is 2. The fraction of sp³-hybridized carbons (Fsp3) is 0.526. The Hall–Kier alpha value is -5.40. The molecule has 4 aromatic heterocycles. The summed E-state index contributed by atoms with van der Waals surface area (Å²) < 4.78 is 11.2. The summed E-state index contributed by atoms with van der Waals surface area (Å²) in [4.78, 5) is 85.5. The highest BCUT2D eigenvalue weighted by molar-refractivity contribution is 7.18. The summed E-state index contributed by atoms with van der Waals surface area (Å²) in [6.45, 7) is 9.11. The highest BCUT2D eigenvalue weighted by atomic mass is 35.5. The number of hydrogen-bond acceptors (Lipinski definition) is 18. The van der Waals surface area contributed by atoms with E-state index in [2.05, 4.69) is 50.8 Å². The third kappa shape index (κ3) is 11.6. The van der Waals surface area contributed by atoms with Crippen LogP contribution in [-0.4, -0.2) is 154 Å². The first-order valence-electron chi connectivity index (χ1n) is 19.9. The summed E-state index contributed by atoms with van der Waals surface area (Å²) in [6.07, 6.45) is 1.75. The van der Waals surface area contributed by atoms with Crippen LogP contribution in [0.5, 0.6) is 0 Å². The van der Waals surface area contributed by atoms with E-state index in [0.717, 1.165) is 0 Å². The Morgan fingerprint density at radius 3 is 1.38 bits per heavy atom. The van der Waals surface area contributed by atoms with Crippen molar-refractivity contribution >= 4 is 91.3 Å². The monoisotopic (exact) mass is 968 g/mol. The van der Waals surface area contributed by atoms with Gasteiger partial charge in [0.05, 0.1) is 56.9 Å². The summed E-state index contributed by atoms with van der Waals surface area (Å²) in [5.74, 6) is -2.67. The number of hydrogen-bond donors (Lipinski definition) is 6. The molecule has 2 saturated heterocycles. The number of thiazole rings is 2. The largest absolute Gasteiger partial charge is 0.476 e.